The first kappa shape index (κ1) is 15.4. The Morgan fingerprint density at radius 3 is 2.21 bits per heavy atom. The minimum atomic E-state index is 0.373. The molecule has 3 nitrogen and oxygen atoms in total. The molecular formula is C16H24O3. The Labute approximate surface area is 116 Å². The SMILES string of the molecule is CC/C=C\CC(C)c1ccc(OC)c(OC)c1OC. The average Bonchev–Trinajstić information content (AvgIpc) is 2.45. The maximum Gasteiger partial charge on any atom is 0.203 e. The number of rotatable bonds is 7. The second-order valence-electron chi connectivity index (χ2n) is 4.44. The van der Waals surface area contributed by atoms with Gasteiger partial charge in [-0.25, -0.2) is 0 Å². The Morgan fingerprint density at radius 2 is 1.68 bits per heavy atom. The van der Waals surface area contributed by atoms with Gasteiger partial charge in [-0.1, -0.05) is 32.1 Å². The number of benzene rings is 1. The predicted molar refractivity (Wildman–Crippen MR) is 78.6 cm³/mol. The van der Waals surface area contributed by atoms with Crippen LogP contribution in [-0.2, 0) is 0 Å². The number of hydrogen-bond donors (Lipinski definition) is 0. The van der Waals surface area contributed by atoms with Crippen LogP contribution in [0.15, 0.2) is 24.3 Å². The van der Waals surface area contributed by atoms with Crippen LogP contribution in [0, 0.1) is 0 Å². The van der Waals surface area contributed by atoms with Gasteiger partial charge in [0, 0.05) is 5.56 Å². The van der Waals surface area contributed by atoms with E-state index in [1.54, 1.807) is 21.3 Å². The van der Waals surface area contributed by atoms with Gasteiger partial charge < -0.3 is 14.2 Å². The lowest BCUT2D eigenvalue weighted by atomic mass is 9.96. The third-order valence-electron chi connectivity index (χ3n) is 3.16. The van der Waals surface area contributed by atoms with Crippen molar-refractivity contribution in [2.24, 2.45) is 0 Å². The molecule has 0 spiro atoms. The summed E-state index contributed by atoms with van der Waals surface area (Å²) in [6.07, 6.45) is 6.44. The number of allylic oxidation sites excluding steroid dienone is 2. The molecule has 1 rings (SSSR count). The van der Waals surface area contributed by atoms with E-state index in [0.717, 1.165) is 24.2 Å². The molecule has 0 heterocycles. The zero-order valence-corrected chi connectivity index (χ0v) is 12.5. The molecule has 1 atom stereocenters. The molecule has 1 unspecified atom stereocenters. The molecule has 19 heavy (non-hydrogen) atoms. The van der Waals surface area contributed by atoms with Gasteiger partial charge in [-0.05, 0) is 24.8 Å². The number of methoxy groups -OCH3 is 3. The molecule has 0 aromatic heterocycles. The van der Waals surface area contributed by atoms with Crippen molar-refractivity contribution < 1.29 is 14.2 Å². The summed E-state index contributed by atoms with van der Waals surface area (Å²) in [5, 5.41) is 0. The lowest BCUT2D eigenvalue weighted by Crippen LogP contribution is -2.01. The van der Waals surface area contributed by atoms with Gasteiger partial charge in [0.2, 0.25) is 5.75 Å². The van der Waals surface area contributed by atoms with Crippen LogP contribution < -0.4 is 14.2 Å². The molecule has 0 aliphatic carbocycles. The first-order chi connectivity index (χ1) is 9.19. The normalized spacial score (nSPS) is 12.5. The highest BCUT2D eigenvalue weighted by atomic mass is 16.5. The monoisotopic (exact) mass is 264 g/mol. The third kappa shape index (κ3) is 3.66. The lowest BCUT2D eigenvalue weighted by Gasteiger charge is -2.19. The number of ether oxygens (including phenoxy) is 3. The summed E-state index contributed by atoms with van der Waals surface area (Å²) in [5.41, 5.74) is 1.14. The van der Waals surface area contributed by atoms with E-state index in [1.807, 2.05) is 12.1 Å². The Hall–Kier alpha value is -1.64. The molecule has 1 aromatic carbocycles. The van der Waals surface area contributed by atoms with Crippen molar-refractivity contribution in [3.05, 3.63) is 29.8 Å². The van der Waals surface area contributed by atoms with E-state index in [2.05, 4.69) is 26.0 Å². The summed E-state index contributed by atoms with van der Waals surface area (Å²) in [5.74, 6) is 2.49. The van der Waals surface area contributed by atoms with Crippen molar-refractivity contribution in [3.8, 4) is 17.2 Å². The van der Waals surface area contributed by atoms with Gasteiger partial charge in [-0.15, -0.1) is 0 Å². The molecule has 0 saturated carbocycles. The van der Waals surface area contributed by atoms with Gasteiger partial charge in [0.15, 0.2) is 11.5 Å². The third-order valence-corrected chi connectivity index (χ3v) is 3.16. The maximum absolute atomic E-state index is 5.51. The fourth-order valence-electron chi connectivity index (χ4n) is 2.11. The van der Waals surface area contributed by atoms with E-state index in [0.29, 0.717) is 17.4 Å². The molecule has 0 fully saturated rings. The molecule has 0 amide bonds. The van der Waals surface area contributed by atoms with Gasteiger partial charge in [-0.2, -0.15) is 0 Å². The van der Waals surface area contributed by atoms with Crippen molar-refractivity contribution in [3.63, 3.8) is 0 Å². The molecule has 0 bridgehead atoms. The molecule has 1 aromatic rings. The standard InChI is InChI=1S/C16H24O3/c1-6-7-8-9-12(2)13-10-11-14(17-3)16(19-5)15(13)18-4/h7-8,10-12H,6,9H2,1-5H3/b8-7-. The van der Waals surface area contributed by atoms with Crippen LogP contribution in [0.5, 0.6) is 17.2 Å². The van der Waals surface area contributed by atoms with E-state index in [-0.39, 0.29) is 0 Å². The highest BCUT2D eigenvalue weighted by Gasteiger charge is 2.18. The minimum absolute atomic E-state index is 0.373. The zero-order valence-electron chi connectivity index (χ0n) is 12.5. The van der Waals surface area contributed by atoms with Crippen molar-refractivity contribution in [1.29, 1.82) is 0 Å². The summed E-state index contributed by atoms with van der Waals surface area (Å²) < 4.78 is 16.2. The summed E-state index contributed by atoms with van der Waals surface area (Å²) in [7, 11) is 4.92. The van der Waals surface area contributed by atoms with E-state index >= 15 is 0 Å². The molecule has 3 heteroatoms. The lowest BCUT2D eigenvalue weighted by molar-refractivity contribution is 0.321. The summed E-state index contributed by atoms with van der Waals surface area (Å²) in [4.78, 5) is 0. The zero-order chi connectivity index (χ0) is 14.3. The Balaban J connectivity index is 3.09. The first-order valence-electron chi connectivity index (χ1n) is 6.63. The van der Waals surface area contributed by atoms with Crippen LogP contribution >= 0.6 is 0 Å². The Morgan fingerprint density at radius 1 is 1.00 bits per heavy atom. The second-order valence-corrected chi connectivity index (χ2v) is 4.44. The van der Waals surface area contributed by atoms with Crippen LogP contribution in [0.1, 0.15) is 38.2 Å². The Bertz CT molecular complexity index is 424. The molecule has 0 aliphatic rings. The average molecular weight is 264 g/mol. The molecule has 0 aliphatic heterocycles. The largest absolute Gasteiger partial charge is 0.493 e. The molecule has 0 N–H and O–H groups in total. The molecular weight excluding hydrogens is 240 g/mol. The second kappa shape index (κ2) is 7.72. The molecule has 106 valence electrons. The molecule has 0 radical (unpaired) electrons. The predicted octanol–water partition coefficient (Wildman–Crippen LogP) is 4.17. The highest BCUT2D eigenvalue weighted by Crippen LogP contribution is 2.43. The van der Waals surface area contributed by atoms with E-state index < -0.39 is 0 Å². The summed E-state index contributed by atoms with van der Waals surface area (Å²) in [6.45, 7) is 4.32. The van der Waals surface area contributed by atoms with Crippen LogP contribution in [0.25, 0.3) is 0 Å². The van der Waals surface area contributed by atoms with Crippen LogP contribution in [0.4, 0.5) is 0 Å². The first-order valence-corrected chi connectivity index (χ1v) is 6.63. The van der Waals surface area contributed by atoms with E-state index in [1.165, 1.54) is 0 Å². The Kier molecular flexibility index (Phi) is 6.26. The van der Waals surface area contributed by atoms with E-state index in [4.69, 9.17) is 14.2 Å². The van der Waals surface area contributed by atoms with Crippen molar-refractivity contribution >= 4 is 0 Å². The van der Waals surface area contributed by atoms with E-state index in [9.17, 15) is 0 Å². The van der Waals surface area contributed by atoms with Crippen molar-refractivity contribution in [1.82, 2.24) is 0 Å². The molecule has 0 saturated heterocycles. The smallest absolute Gasteiger partial charge is 0.203 e. The van der Waals surface area contributed by atoms with Gasteiger partial charge >= 0.3 is 0 Å². The minimum Gasteiger partial charge on any atom is -0.493 e. The number of hydrogen-bond acceptors (Lipinski definition) is 3. The van der Waals surface area contributed by atoms with Crippen LogP contribution in [0.2, 0.25) is 0 Å². The summed E-state index contributed by atoms with van der Waals surface area (Å²) >= 11 is 0. The highest BCUT2D eigenvalue weighted by molar-refractivity contribution is 5.56. The van der Waals surface area contributed by atoms with Gasteiger partial charge in [0.05, 0.1) is 21.3 Å². The van der Waals surface area contributed by atoms with Crippen molar-refractivity contribution in [2.75, 3.05) is 21.3 Å². The fourth-order valence-corrected chi connectivity index (χ4v) is 2.11. The van der Waals surface area contributed by atoms with Crippen LogP contribution in [0.3, 0.4) is 0 Å². The maximum atomic E-state index is 5.51. The van der Waals surface area contributed by atoms with Gasteiger partial charge in [0.25, 0.3) is 0 Å². The quantitative estimate of drug-likeness (QED) is 0.692. The van der Waals surface area contributed by atoms with Gasteiger partial charge in [-0.3, -0.25) is 0 Å². The van der Waals surface area contributed by atoms with Gasteiger partial charge in [0.1, 0.15) is 0 Å². The summed E-state index contributed by atoms with van der Waals surface area (Å²) in [6, 6.07) is 3.97. The van der Waals surface area contributed by atoms with Crippen molar-refractivity contribution in [2.45, 2.75) is 32.6 Å². The van der Waals surface area contributed by atoms with Crippen LogP contribution in [-0.4, -0.2) is 21.3 Å². The fraction of sp³-hybridized carbons (Fsp3) is 0.500. The topological polar surface area (TPSA) is 27.7 Å².